The Hall–Kier alpha value is -1.88. The van der Waals surface area contributed by atoms with E-state index in [0.29, 0.717) is 31.1 Å². The number of carbonyl (C=O) groups excluding carboxylic acids is 1. The second-order valence-corrected chi connectivity index (χ2v) is 3.80. The standard InChI is InChI=1S/C13H19N3O2/c1-2-3-7-18-8-6-15-13(17)9-12-5-4-11(14)10-16-12/h2,4-5,10H,1,3,6-9,14H2,(H,15,17). The molecule has 3 N–H and O–H groups in total. The fourth-order valence-corrected chi connectivity index (χ4v) is 1.30. The van der Waals surface area contributed by atoms with Crippen molar-refractivity contribution >= 4 is 11.6 Å². The minimum atomic E-state index is -0.0698. The van der Waals surface area contributed by atoms with Crippen molar-refractivity contribution in [3.63, 3.8) is 0 Å². The number of carbonyl (C=O) groups is 1. The van der Waals surface area contributed by atoms with Crippen LogP contribution in [0.3, 0.4) is 0 Å². The second-order valence-electron chi connectivity index (χ2n) is 3.80. The summed E-state index contributed by atoms with van der Waals surface area (Å²) in [4.78, 5) is 15.6. The van der Waals surface area contributed by atoms with E-state index in [-0.39, 0.29) is 12.3 Å². The Morgan fingerprint density at radius 3 is 3.00 bits per heavy atom. The van der Waals surface area contributed by atoms with E-state index < -0.39 is 0 Å². The molecule has 0 spiro atoms. The first-order valence-corrected chi connectivity index (χ1v) is 5.88. The van der Waals surface area contributed by atoms with Crippen molar-refractivity contribution in [3.05, 3.63) is 36.7 Å². The zero-order valence-corrected chi connectivity index (χ0v) is 10.4. The van der Waals surface area contributed by atoms with E-state index in [2.05, 4.69) is 16.9 Å². The van der Waals surface area contributed by atoms with Gasteiger partial charge in [-0.1, -0.05) is 6.08 Å². The molecule has 0 saturated heterocycles. The molecule has 0 unspecified atom stereocenters. The number of hydrogen-bond acceptors (Lipinski definition) is 4. The Kier molecular flexibility index (Phi) is 6.50. The minimum Gasteiger partial charge on any atom is -0.397 e. The normalized spacial score (nSPS) is 10.0. The first kappa shape index (κ1) is 14.2. The summed E-state index contributed by atoms with van der Waals surface area (Å²) in [6.07, 6.45) is 4.42. The van der Waals surface area contributed by atoms with Gasteiger partial charge < -0.3 is 15.8 Å². The van der Waals surface area contributed by atoms with Crippen molar-refractivity contribution in [1.82, 2.24) is 10.3 Å². The number of anilines is 1. The molecular weight excluding hydrogens is 230 g/mol. The lowest BCUT2D eigenvalue weighted by molar-refractivity contribution is -0.120. The summed E-state index contributed by atoms with van der Waals surface area (Å²) in [5, 5.41) is 2.76. The molecule has 1 aromatic rings. The SMILES string of the molecule is C=CCCOCCNC(=O)Cc1ccc(N)cn1. The quantitative estimate of drug-likeness (QED) is 0.530. The average molecular weight is 249 g/mol. The van der Waals surface area contributed by atoms with Gasteiger partial charge in [-0.15, -0.1) is 6.58 Å². The largest absolute Gasteiger partial charge is 0.397 e. The van der Waals surface area contributed by atoms with Crippen molar-refractivity contribution in [2.24, 2.45) is 0 Å². The fourth-order valence-electron chi connectivity index (χ4n) is 1.30. The van der Waals surface area contributed by atoms with Crippen LogP contribution in [0.4, 0.5) is 5.69 Å². The molecule has 1 amide bonds. The second kappa shape index (κ2) is 8.25. The van der Waals surface area contributed by atoms with Gasteiger partial charge >= 0.3 is 0 Å². The van der Waals surface area contributed by atoms with Gasteiger partial charge in [0.1, 0.15) is 0 Å². The molecule has 0 aliphatic carbocycles. The molecule has 5 nitrogen and oxygen atoms in total. The lowest BCUT2D eigenvalue weighted by Crippen LogP contribution is -2.29. The topological polar surface area (TPSA) is 77.2 Å². The minimum absolute atomic E-state index is 0.0698. The highest BCUT2D eigenvalue weighted by Crippen LogP contribution is 2.01. The van der Waals surface area contributed by atoms with Crippen molar-refractivity contribution in [2.45, 2.75) is 12.8 Å². The molecule has 5 heteroatoms. The van der Waals surface area contributed by atoms with Crippen LogP contribution in [0, 0.1) is 0 Å². The monoisotopic (exact) mass is 249 g/mol. The number of rotatable bonds is 8. The van der Waals surface area contributed by atoms with Crippen LogP contribution in [0.15, 0.2) is 31.0 Å². The van der Waals surface area contributed by atoms with Gasteiger partial charge in [-0.25, -0.2) is 0 Å². The number of pyridine rings is 1. The summed E-state index contributed by atoms with van der Waals surface area (Å²) in [6, 6.07) is 3.48. The van der Waals surface area contributed by atoms with Crippen LogP contribution < -0.4 is 11.1 Å². The van der Waals surface area contributed by atoms with E-state index >= 15 is 0 Å². The number of nitrogens with one attached hydrogen (secondary N) is 1. The number of aromatic nitrogens is 1. The molecule has 0 atom stereocenters. The first-order chi connectivity index (χ1) is 8.72. The predicted molar refractivity (Wildman–Crippen MR) is 71.0 cm³/mol. The van der Waals surface area contributed by atoms with Crippen molar-refractivity contribution in [1.29, 1.82) is 0 Å². The Bertz CT molecular complexity index is 376. The molecule has 18 heavy (non-hydrogen) atoms. The third-order valence-electron chi connectivity index (χ3n) is 2.22. The van der Waals surface area contributed by atoms with Crippen molar-refractivity contribution in [3.8, 4) is 0 Å². The Labute approximate surface area is 107 Å². The van der Waals surface area contributed by atoms with Gasteiger partial charge in [0.15, 0.2) is 0 Å². The predicted octanol–water partition coefficient (Wildman–Crippen LogP) is 0.915. The summed E-state index contributed by atoms with van der Waals surface area (Å²) in [5.41, 5.74) is 6.80. The zero-order chi connectivity index (χ0) is 13.2. The number of nitrogens with two attached hydrogens (primary N) is 1. The van der Waals surface area contributed by atoms with Crippen LogP contribution in [0.2, 0.25) is 0 Å². The molecular formula is C13H19N3O2. The summed E-state index contributed by atoms with van der Waals surface area (Å²) in [6.45, 7) is 5.25. The molecule has 1 aromatic heterocycles. The van der Waals surface area contributed by atoms with Crippen LogP contribution in [0.25, 0.3) is 0 Å². The van der Waals surface area contributed by atoms with E-state index in [4.69, 9.17) is 10.5 Å². The Morgan fingerprint density at radius 2 is 2.33 bits per heavy atom. The lowest BCUT2D eigenvalue weighted by atomic mass is 10.2. The van der Waals surface area contributed by atoms with Crippen LogP contribution >= 0.6 is 0 Å². The van der Waals surface area contributed by atoms with Crippen molar-refractivity contribution < 1.29 is 9.53 Å². The molecule has 0 aliphatic rings. The van der Waals surface area contributed by atoms with Gasteiger partial charge in [0.05, 0.1) is 31.5 Å². The van der Waals surface area contributed by atoms with Crippen LogP contribution in [-0.4, -0.2) is 30.6 Å². The number of nitrogen functional groups attached to an aromatic ring is 1. The molecule has 0 aromatic carbocycles. The molecule has 0 saturated carbocycles. The molecule has 0 aliphatic heterocycles. The molecule has 1 heterocycles. The third-order valence-corrected chi connectivity index (χ3v) is 2.22. The molecule has 1 rings (SSSR count). The number of amides is 1. The molecule has 0 radical (unpaired) electrons. The van der Waals surface area contributed by atoms with E-state index in [0.717, 1.165) is 6.42 Å². The number of hydrogen-bond donors (Lipinski definition) is 2. The summed E-state index contributed by atoms with van der Waals surface area (Å²) in [5.74, 6) is -0.0698. The highest BCUT2D eigenvalue weighted by Gasteiger charge is 2.03. The highest BCUT2D eigenvalue weighted by atomic mass is 16.5. The summed E-state index contributed by atoms with van der Waals surface area (Å²) >= 11 is 0. The Morgan fingerprint density at radius 1 is 1.50 bits per heavy atom. The third kappa shape index (κ3) is 6.00. The van der Waals surface area contributed by atoms with Crippen LogP contribution in [0.1, 0.15) is 12.1 Å². The van der Waals surface area contributed by atoms with Gasteiger partial charge in [0.2, 0.25) is 5.91 Å². The highest BCUT2D eigenvalue weighted by molar-refractivity contribution is 5.78. The first-order valence-electron chi connectivity index (χ1n) is 5.88. The van der Waals surface area contributed by atoms with Gasteiger partial charge in [0, 0.05) is 12.2 Å². The summed E-state index contributed by atoms with van der Waals surface area (Å²) < 4.78 is 5.27. The number of nitrogens with zero attached hydrogens (tertiary/aromatic N) is 1. The maximum atomic E-state index is 11.5. The van der Waals surface area contributed by atoms with Gasteiger partial charge in [-0.2, -0.15) is 0 Å². The van der Waals surface area contributed by atoms with Crippen LogP contribution in [-0.2, 0) is 16.0 Å². The van der Waals surface area contributed by atoms with E-state index in [1.54, 1.807) is 24.4 Å². The maximum Gasteiger partial charge on any atom is 0.226 e. The van der Waals surface area contributed by atoms with Gasteiger partial charge in [-0.3, -0.25) is 9.78 Å². The smallest absolute Gasteiger partial charge is 0.226 e. The molecule has 0 fully saturated rings. The van der Waals surface area contributed by atoms with E-state index in [9.17, 15) is 4.79 Å². The lowest BCUT2D eigenvalue weighted by Gasteiger charge is -2.05. The zero-order valence-electron chi connectivity index (χ0n) is 10.4. The average Bonchev–Trinajstić information content (AvgIpc) is 2.36. The van der Waals surface area contributed by atoms with Gasteiger partial charge in [-0.05, 0) is 18.6 Å². The molecule has 98 valence electrons. The van der Waals surface area contributed by atoms with E-state index in [1.165, 1.54) is 0 Å². The number of ether oxygens (including phenoxy) is 1. The van der Waals surface area contributed by atoms with Crippen LogP contribution in [0.5, 0.6) is 0 Å². The van der Waals surface area contributed by atoms with E-state index in [1.807, 2.05) is 0 Å². The van der Waals surface area contributed by atoms with Crippen molar-refractivity contribution in [2.75, 3.05) is 25.5 Å². The van der Waals surface area contributed by atoms with Gasteiger partial charge in [0.25, 0.3) is 0 Å². The Balaban J connectivity index is 2.14. The summed E-state index contributed by atoms with van der Waals surface area (Å²) in [7, 11) is 0. The fraction of sp³-hybridized carbons (Fsp3) is 0.385. The molecule has 0 bridgehead atoms. The maximum absolute atomic E-state index is 11.5.